The van der Waals surface area contributed by atoms with Gasteiger partial charge in [0.15, 0.2) is 17.0 Å². The smallest absolute Gasteiger partial charge is 0.413 e. The highest BCUT2D eigenvalue weighted by atomic mass is 16.6. The second kappa shape index (κ2) is 19.5. The van der Waals surface area contributed by atoms with Crippen LogP contribution in [0.5, 0.6) is 0 Å². The van der Waals surface area contributed by atoms with Crippen molar-refractivity contribution < 1.29 is 43.3 Å². The first-order chi connectivity index (χ1) is 27.0. The lowest BCUT2D eigenvalue weighted by molar-refractivity contribution is -0.144. The van der Waals surface area contributed by atoms with Crippen molar-refractivity contribution in [3.8, 4) is 0 Å². The van der Waals surface area contributed by atoms with Crippen LogP contribution >= 0.6 is 0 Å². The van der Waals surface area contributed by atoms with Crippen molar-refractivity contribution >= 4 is 52.9 Å². The molecular weight excluding hydrogens is 750 g/mol. The van der Waals surface area contributed by atoms with Gasteiger partial charge in [-0.3, -0.25) is 38.8 Å². The summed E-state index contributed by atoms with van der Waals surface area (Å²) >= 11 is 0. The van der Waals surface area contributed by atoms with Gasteiger partial charge in [0.2, 0.25) is 17.7 Å². The fourth-order valence-electron chi connectivity index (χ4n) is 5.08. The summed E-state index contributed by atoms with van der Waals surface area (Å²) in [6, 6.07) is 9.00. The Balaban J connectivity index is 1.37. The minimum absolute atomic E-state index is 0.00779. The van der Waals surface area contributed by atoms with Gasteiger partial charge in [-0.15, -0.1) is 0 Å². The zero-order chi connectivity index (χ0) is 41.7. The van der Waals surface area contributed by atoms with Crippen molar-refractivity contribution in [1.29, 1.82) is 0 Å². The molecule has 3 heterocycles. The second-order valence-electron chi connectivity index (χ2n) is 13.5. The number of carboxylic acids is 1. The monoisotopic (exact) mass is 793 g/mol. The molecule has 0 saturated carbocycles. The van der Waals surface area contributed by atoms with Gasteiger partial charge in [0.05, 0.1) is 12.9 Å². The van der Waals surface area contributed by atoms with Gasteiger partial charge in [0, 0.05) is 37.9 Å². The maximum absolute atomic E-state index is 13.3. The van der Waals surface area contributed by atoms with Crippen LogP contribution < -0.4 is 27.2 Å². The number of amides is 5. The fraction of sp³-hybridized carbons (Fsp3) is 0.400. The first-order valence-corrected chi connectivity index (χ1v) is 17.4. The van der Waals surface area contributed by atoms with Gasteiger partial charge in [0.1, 0.15) is 38.2 Å². The molecule has 4 rings (SSSR count). The van der Waals surface area contributed by atoms with E-state index in [0.717, 1.165) is 26.3 Å². The van der Waals surface area contributed by atoms with Gasteiger partial charge in [-0.2, -0.15) is 0 Å². The summed E-state index contributed by atoms with van der Waals surface area (Å²) < 4.78 is 12.7. The van der Waals surface area contributed by atoms with Crippen LogP contribution in [-0.2, 0) is 48.3 Å². The lowest BCUT2D eigenvalue weighted by Gasteiger charge is -2.25. The van der Waals surface area contributed by atoms with E-state index < -0.39 is 78.9 Å². The summed E-state index contributed by atoms with van der Waals surface area (Å²) in [5, 5.41) is 17.0. The summed E-state index contributed by atoms with van der Waals surface area (Å²) in [5.74, 6) is -3.38. The molecule has 0 radical (unpaired) electrons. The number of hydrogen-bond donors (Lipinski definition) is 5. The molecule has 57 heavy (non-hydrogen) atoms. The number of carbonyl (C=O) groups is 6. The summed E-state index contributed by atoms with van der Waals surface area (Å²) in [7, 11) is 0. The molecule has 3 aromatic heterocycles. The van der Waals surface area contributed by atoms with Crippen molar-refractivity contribution in [2.75, 3.05) is 44.6 Å². The number of alkyl carbamates (subject to hydrolysis) is 1. The van der Waals surface area contributed by atoms with Gasteiger partial charge in [-0.05, 0) is 33.3 Å². The minimum Gasteiger partial charge on any atom is -0.480 e. The molecule has 0 bridgehead atoms. The van der Waals surface area contributed by atoms with Crippen LogP contribution in [0.2, 0.25) is 0 Å². The average molecular weight is 794 g/mol. The highest BCUT2D eigenvalue weighted by Crippen LogP contribution is 2.18. The Morgan fingerprint density at radius 1 is 0.860 bits per heavy atom. The van der Waals surface area contributed by atoms with Gasteiger partial charge >= 0.3 is 23.8 Å². The fourth-order valence-corrected chi connectivity index (χ4v) is 5.08. The molecule has 22 heteroatoms. The maximum atomic E-state index is 13.3. The Morgan fingerprint density at radius 3 is 2.18 bits per heavy atom. The van der Waals surface area contributed by atoms with E-state index in [9.17, 15) is 43.5 Å². The third kappa shape index (κ3) is 13.3. The van der Waals surface area contributed by atoms with E-state index in [1.54, 1.807) is 45.0 Å². The molecule has 22 nitrogen and oxygen atoms in total. The van der Waals surface area contributed by atoms with E-state index in [0.29, 0.717) is 0 Å². The van der Waals surface area contributed by atoms with Crippen molar-refractivity contribution in [2.45, 2.75) is 53.0 Å². The zero-order valence-corrected chi connectivity index (χ0v) is 31.6. The van der Waals surface area contributed by atoms with Crippen molar-refractivity contribution in [3.05, 3.63) is 81.1 Å². The van der Waals surface area contributed by atoms with Gasteiger partial charge < -0.3 is 39.6 Å². The third-order valence-corrected chi connectivity index (χ3v) is 7.75. The largest absolute Gasteiger partial charge is 0.480 e. The molecule has 0 fully saturated rings. The highest BCUT2D eigenvalue weighted by molar-refractivity contribution is 5.94. The molecule has 304 valence electrons. The summed E-state index contributed by atoms with van der Waals surface area (Å²) in [4.78, 5) is 117. The molecule has 0 spiro atoms. The highest BCUT2D eigenvalue weighted by Gasteiger charge is 2.23. The molecule has 5 N–H and O–H groups in total. The molecule has 0 aliphatic carbocycles. The number of carboxylic acid groups (broad SMARTS) is 1. The van der Waals surface area contributed by atoms with Crippen LogP contribution in [-0.4, -0.2) is 125 Å². The molecule has 4 aromatic rings. The molecule has 0 unspecified atom stereocenters. The van der Waals surface area contributed by atoms with Crippen LogP contribution in [0.3, 0.4) is 0 Å². The van der Waals surface area contributed by atoms with Crippen molar-refractivity contribution in [3.63, 3.8) is 0 Å². The number of benzene rings is 1. The quantitative estimate of drug-likeness (QED) is 0.0928. The second-order valence-corrected chi connectivity index (χ2v) is 13.5. The predicted molar refractivity (Wildman–Crippen MR) is 200 cm³/mol. The third-order valence-electron chi connectivity index (χ3n) is 7.75. The number of aryl methyl sites for hydroxylation is 1. The number of nitrogens with one attached hydrogen (secondary N) is 4. The Labute approximate surface area is 324 Å². The van der Waals surface area contributed by atoms with Crippen molar-refractivity contribution in [1.82, 2.24) is 49.5 Å². The topological polar surface area (TPSA) is 282 Å². The number of H-pyrrole nitrogens is 1. The Morgan fingerprint density at radius 2 is 1.51 bits per heavy atom. The van der Waals surface area contributed by atoms with Gasteiger partial charge in [-0.1, -0.05) is 30.3 Å². The van der Waals surface area contributed by atoms with E-state index in [1.165, 1.54) is 24.0 Å². The Kier molecular flexibility index (Phi) is 14.5. The van der Waals surface area contributed by atoms with Gasteiger partial charge in [-0.25, -0.2) is 29.3 Å². The van der Waals surface area contributed by atoms with Crippen LogP contribution in [0.25, 0.3) is 11.2 Å². The van der Waals surface area contributed by atoms with E-state index >= 15 is 0 Å². The SMILES string of the molecule is Cc1cn(CC(=O)N(CCNC(=O)OC(C)(C)C)CC(=O)NCCN(CC(=O)O)C(=O)Cn2cnc3c(NC(=O)OCc4ccccc4)ncnc32)c(=O)[nH]c1=O. The van der Waals surface area contributed by atoms with Crippen LogP contribution in [0.15, 0.2) is 58.8 Å². The van der Waals surface area contributed by atoms with E-state index in [4.69, 9.17) is 9.47 Å². The molecule has 1 aromatic carbocycles. The van der Waals surface area contributed by atoms with Crippen molar-refractivity contribution in [2.24, 2.45) is 0 Å². The number of carbonyl (C=O) groups excluding carboxylic acids is 5. The lowest BCUT2D eigenvalue weighted by Crippen LogP contribution is -2.48. The molecule has 0 aliphatic heterocycles. The number of fused-ring (bicyclic) bond motifs is 1. The van der Waals surface area contributed by atoms with E-state index in [2.05, 4.69) is 35.9 Å². The number of rotatable bonds is 17. The first-order valence-electron chi connectivity index (χ1n) is 17.4. The Bertz CT molecular complexity index is 2210. The minimum atomic E-state index is -1.32. The maximum Gasteiger partial charge on any atom is 0.413 e. The zero-order valence-electron chi connectivity index (χ0n) is 31.6. The molecule has 0 aliphatic rings. The first kappa shape index (κ1) is 42.6. The summed E-state index contributed by atoms with van der Waals surface area (Å²) in [6.45, 7) is 3.46. The number of aliphatic carboxylic acids is 1. The number of aromatic nitrogens is 6. The molecule has 0 saturated heterocycles. The summed E-state index contributed by atoms with van der Waals surface area (Å²) in [6.07, 6.45) is 2.05. The van der Waals surface area contributed by atoms with Gasteiger partial charge in [0.25, 0.3) is 5.56 Å². The normalized spacial score (nSPS) is 11.0. The van der Waals surface area contributed by atoms with Crippen LogP contribution in [0.4, 0.5) is 15.4 Å². The molecular formula is C35H43N11O11. The average Bonchev–Trinajstić information content (AvgIpc) is 3.55. The number of aromatic amines is 1. The standard InChI is InChI=1S/C35H43N11O11/c1-22-14-45(32(53)42-31(22)52)16-25(48)43(13-11-37-33(54)57-35(2,3)4)15-24(47)36-10-12-44(18-27(50)51)26(49)17-46-21-40-28-29(38-20-39-30(28)46)41-34(55)56-19-23-8-6-5-7-9-23/h5-9,14,20-21H,10-13,15-19H2,1-4H3,(H,36,47)(H,37,54)(H,50,51)(H,42,52,53)(H,38,39,41,55). The molecule has 0 atom stereocenters. The summed E-state index contributed by atoms with van der Waals surface area (Å²) in [5.41, 5.74) is -1.02. The van der Waals surface area contributed by atoms with E-state index in [-0.39, 0.29) is 55.3 Å². The van der Waals surface area contributed by atoms with Crippen LogP contribution in [0, 0.1) is 6.92 Å². The number of imidazole rings is 1. The molecule has 5 amide bonds. The predicted octanol–water partition coefficient (Wildman–Crippen LogP) is -0.184. The van der Waals surface area contributed by atoms with E-state index in [1.807, 2.05) is 6.07 Å². The Hall–Kier alpha value is -7.13. The number of nitrogens with zero attached hydrogens (tertiary/aromatic N) is 7. The number of ether oxygens (including phenoxy) is 2. The number of anilines is 1. The van der Waals surface area contributed by atoms with Crippen LogP contribution in [0.1, 0.15) is 31.9 Å². The lowest BCUT2D eigenvalue weighted by atomic mass is 10.2. The number of hydrogen-bond acceptors (Lipinski definition) is 13.